The lowest BCUT2D eigenvalue weighted by atomic mass is 10.0. The molecule has 36 heavy (non-hydrogen) atoms. The number of carbonyl (C=O) groups excluding carboxylic acids is 2. The van der Waals surface area contributed by atoms with Crippen LogP contribution in [0.15, 0.2) is 65.4 Å². The lowest BCUT2D eigenvalue weighted by Crippen LogP contribution is -2.37. The smallest absolute Gasteiger partial charge is 0.290 e. The van der Waals surface area contributed by atoms with E-state index in [4.69, 9.17) is 9.15 Å². The molecule has 0 saturated heterocycles. The summed E-state index contributed by atoms with van der Waals surface area (Å²) in [5, 5.41) is 7.65. The molecule has 4 aromatic rings. The Hall–Kier alpha value is -4.40. The second kappa shape index (κ2) is 10.1. The van der Waals surface area contributed by atoms with Crippen LogP contribution < -0.4 is 10.1 Å². The molecule has 0 radical (unpaired) electrons. The predicted octanol–water partition coefficient (Wildman–Crippen LogP) is 3.36. The zero-order chi connectivity index (χ0) is 25.1. The fourth-order valence-electron chi connectivity index (χ4n) is 4.37. The number of hydrogen-bond acceptors (Lipinski definition) is 6. The van der Waals surface area contributed by atoms with E-state index in [9.17, 15) is 9.59 Å². The molecule has 1 aliphatic heterocycles. The summed E-state index contributed by atoms with van der Waals surface area (Å²) in [6, 6.07) is 15.0. The summed E-state index contributed by atoms with van der Waals surface area (Å²) in [6.07, 6.45) is 3.83. The van der Waals surface area contributed by atoms with Gasteiger partial charge in [-0.1, -0.05) is 18.2 Å². The van der Waals surface area contributed by atoms with Crippen molar-refractivity contribution in [1.82, 2.24) is 25.0 Å². The van der Waals surface area contributed by atoms with Gasteiger partial charge in [-0.2, -0.15) is 5.10 Å². The Kier molecular flexibility index (Phi) is 6.53. The number of aromatic nitrogens is 3. The maximum atomic E-state index is 13.3. The molecule has 1 aromatic carbocycles. The second-order valence-electron chi connectivity index (χ2n) is 8.69. The first-order chi connectivity index (χ1) is 17.5. The van der Waals surface area contributed by atoms with Crippen molar-refractivity contribution in [2.24, 2.45) is 0 Å². The Morgan fingerprint density at radius 1 is 1.14 bits per heavy atom. The highest BCUT2D eigenvalue weighted by Crippen LogP contribution is 2.26. The van der Waals surface area contributed by atoms with Crippen LogP contribution in [0.2, 0.25) is 0 Å². The van der Waals surface area contributed by atoms with Gasteiger partial charge in [-0.15, -0.1) is 0 Å². The van der Waals surface area contributed by atoms with Crippen molar-refractivity contribution in [3.63, 3.8) is 0 Å². The van der Waals surface area contributed by atoms with Gasteiger partial charge in [-0.3, -0.25) is 19.3 Å². The topological polar surface area (TPSA) is 102 Å². The van der Waals surface area contributed by atoms with Crippen LogP contribution in [0, 0.1) is 6.92 Å². The molecule has 0 saturated carbocycles. The highest BCUT2D eigenvalue weighted by atomic mass is 16.5. The van der Waals surface area contributed by atoms with Gasteiger partial charge >= 0.3 is 0 Å². The van der Waals surface area contributed by atoms with Crippen LogP contribution in [0.4, 0.5) is 0 Å². The van der Waals surface area contributed by atoms with Crippen LogP contribution >= 0.6 is 0 Å². The van der Waals surface area contributed by atoms with E-state index in [1.54, 1.807) is 24.3 Å². The predicted molar refractivity (Wildman–Crippen MR) is 132 cm³/mol. The molecular formula is C27H27N5O4. The van der Waals surface area contributed by atoms with E-state index >= 15 is 0 Å². The van der Waals surface area contributed by atoms with Gasteiger partial charge in [-0.25, -0.2) is 0 Å². The summed E-state index contributed by atoms with van der Waals surface area (Å²) in [7, 11) is 1.61. The molecule has 2 amide bonds. The quantitative estimate of drug-likeness (QED) is 0.431. The molecule has 184 valence electrons. The minimum absolute atomic E-state index is 0.190. The molecule has 0 atom stereocenters. The number of carbonyl (C=O) groups is 2. The summed E-state index contributed by atoms with van der Waals surface area (Å²) >= 11 is 0. The average molecular weight is 486 g/mol. The van der Waals surface area contributed by atoms with Gasteiger partial charge in [0.15, 0.2) is 11.5 Å². The molecule has 3 aromatic heterocycles. The van der Waals surface area contributed by atoms with E-state index in [2.05, 4.69) is 15.4 Å². The van der Waals surface area contributed by atoms with Crippen molar-refractivity contribution in [3.8, 4) is 5.75 Å². The number of nitrogens with one attached hydrogen (secondary N) is 1. The fraction of sp³-hybridized carbons (Fsp3) is 0.259. The number of hydrogen-bond donors (Lipinski definition) is 1. The highest BCUT2D eigenvalue weighted by Gasteiger charge is 2.32. The number of methoxy groups -OCH3 is 1. The fourth-order valence-corrected chi connectivity index (χ4v) is 4.37. The molecule has 9 heteroatoms. The molecule has 9 nitrogen and oxygen atoms in total. The van der Waals surface area contributed by atoms with E-state index in [0.717, 1.165) is 33.8 Å². The number of pyridine rings is 1. The van der Waals surface area contributed by atoms with Crippen molar-refractivity contribution in [2.45, 2.75) is 33.0 Å². The monoisotopic (exact) mass is 485 g/mol. The molecule has 5 rings (SSSR count). The molecule has 1 N–H and O–H groups in total. The third-order valence-corrected chi connectivity index (χ3v) is 6.34. The molecule has 1 aliphatic rings. The number of benzene rings is 1. The maximum Gasteiger partial charge on any atom is 0.290 e. The molecule has 4 heterocycles. The van der Waals surface area contributed by atoms with E-state index in [1.807, 2.05) is 54.1 Å². The number of nitrogens with zero attached hydrogens (tertiary/aromatic N) is 4. The van der Waals surface area contributed by atoms with Crippen molar-refractivity contribution in [3.05, 3.63) is 101 Å². The SMILES string of the molecule is COc1ccc(CNC(=O)c2nn(Cc3ccccn3)c3c2CN(C(=O)c2occc2C)CC3)cc1. The first-order valence-corrected chi connectivity index (χ1v) is 11.8. The standard InChI is InChI=1S/C27H27N5O4/c1-18-11-14-36-25(18)27(34)31-13-10-23-22(17-31)24(30-32(23)16-20-5-3-4-12-28-20)26(33)29-15-19-6-8-21(35-2)9-7-19/h3-9,11-12,14H,10,13,15-17H2,1-2H3,(H,29,33). The number of fused-ring (bicyclic) bond motifs is 1. The van der Waals surface area contributed by atoms with Crippen molar-refractivity contribution < 1.29 is 18.7 Å². The third-order valence-electron chi connectivity index (χ3n) is 6.34. The van der Waals surface area contributed by atoms with Crippen LogP contribution in [0.1, 0.15) is 49.1 Å². The molecule has 0 bridgehead atoms. The third kappa shape index (κ3) is 4.72. The van der Waals surface area contributed by atoms with Gasteiger partial charge in [0.05, 0.1) is 32.2 Å². The van der Waals surface area contributed by atoms with Crippen LogP contribution in [0.25, 0.3) is 0 Å². The number of furan rings is 1. The van der Waals surface area contributed by atoms with Crippen LogP contribution in [-0.4, -0.2) is 45.1 Å². The number of ether oxygens (including phenoxy) is 1. The highest BCUT2D eigenvalue weighted by molar-refractivity contribution is 5.95. The summed E-state index contributed by atoms with van der Waals surface area (Å²) in [5.74, 6) is 0.601. The van der Waals surface area contributed by atoms with Crippen molar-refractivity contribution in [2.75, 3.05) is 13.7 Å². The van der Waals surface area contributed by atoms with Crippen LogP contribution in [0.3, 0.4) is 0 Å². The Labute approximate surface area is 208 Å². The van der Waals surface area contributed by atoms with Gasteiger partial charge in [0.25, 0.3) is 11.8 Å². The molecule has 0 fully saturated rings. The minimum atomic E-state index is -0.287. The number of amides is 2. The van der Waals surface area contributed by atoms with Gasteiger partial charge in [0.1, 0.15) is 5.75 Å². The first kappa shape index (κ1) is 23.3. The number of aryl methyl sites for hydroxylation is 1. The van der Waals surface area contributed by atoms with Gasteiger partial charge in [-0.05, 0) is 42.8 Å². The molecular weight excluding hydrogens is 458 g/mol. The largest absolute Gasteiger partial charge is 0.497 e. The summed E-state index contributed by atoms with van der Waals surface area (Å²) in [4.78, 5) is 32.5. The lowest BCUT2D eigenvalue weighted by molar-refractivity contribution is 0.0697. The minimum Gasteiger partial charge on any atom is -0.497 e. The Morgan fingerprint density at radius 3 is 2.67 bits per heavy atom. The van der Waals surface area contributed by atoms with E-state index < -0.39 is 0 Å². The van der Waals surface area contributed by atoms with Gasteiger partial charge in [0.2, 0.25) is 0 Å². The summed E-state index contributed by atoms with van der Waals surface area (Å²) < 4.78 is 12.5. The number of rotatable bonds is 7. The summed E-state index contributed by atoms with van der Waals surface area (Å²) in [5.41, 5.74) is 4.59. The van der Waals surface area contributed by atoms with E-state index in [0.29, 0.717) is 37.5 Å². The Bertz CT molecular complexity index is 1380. The van der Waals surface area contributed by atoms with E-state index in [1.165, 1.54) is 6.26 Å². The Balaban J connectivity index is 1.41. The zero-order valence-electron chi connectivity index (χ0n) is 20.2. The molecule has 0 unspecified atom stereocenters. The van der Waals surface area contributed by atoms with Crippen molar-refractivity contribution >= 4 is 11.8 Å². The normalized spacial score (nSPS) is 12.8. The maximum absolute atomic E-state index is 13.3. The van der Waals surface area contributed by atoms with Gasteiger partial charge in [0, 0.05) is 42.5 Å². The molecule has 0 aliphatic carbocycles. The van der Waals surface area contributed by atoms with Gasteiger partial charge < -0.3 is 19.4 Å². The van der Waals surface area contributed by atoms with Crippen LogP contribution in [0.5, 0.6) is 5.75 Å². The summed E-state index contributed by atoms with van der Waals surface area (Å²) in [6.45, 7) is 3.42. The zero-order valence-corrected chi connectivity index (χ0v) is 20.2. The van der Waals surface area contributed by atoms with Crippen molar-refractivity contribution in [1.29, 1.82) is 0 Å². The van der Waals surface area contributed by atoms with E-state index in [-0.39, 0.29) is 18.4 Å². The van der Waals surface area contributed by atoms with Crippen LogP contribution in [-0.2, 0) is 26.1 Å². The second-order valence-corrected chi connectivity index (χ2v) is 8.69. The average Bonchev–Trinajstić information content (AvgIpc) is 3.51. The lowest BCUT2D eigenvalue weighted by Gasteiger charge is -2.27. The first-order valence-electron chi connectivity index (χ1n) is 11.8. The molecule has 0 spiro atoms. The Morgan fingerprint density at radius 2 is 1.97 bits per heavy atom.